The topological polar surface area (TPSA) is 49.4 Å². The van der Waals surface area contributed by atoms with Gasteiger partial charge < -0.3 is 10.2 Å². The normalized spacial score (nSPS) is 11.7. The van der Waals surface area contributed by atoms with E-state index in [1.807, 2.05) is 38.1 Å². The van der Waals surface area contributed by atoms with E-state index in [4.69, 9.17) is 0 Å². The van der Waals surface area contributed by atoms with E-state index in [1.165, 1.54) is 23.9 Å². The molecule has 0 radical (unpaired) electrons. The van der Waals surface area contributed by atoms with Crippen molar-refractivity contribution in [3.63, 3.8) is 0 Å². The summed E-state index contributed by atoms with van der Waals surface area (Å²) in [4.78, 5) is 27.1. The van der Waals surface area contributed by atoms with Crippen LogP contribution in [0.5, 0.6) is 0 Å². The molecule has 2 aromatic carbocycles. The second kappa shape index (κ2) is 11.6. The van der Waals surface area contributed by atoms with Crippen LogP contribution in [0.25, 0.3) is 0 Å². The number of amides is 2. The first-order valence-electron chi connectivity index (χ1n) is 9.86. The lowest BCUT2D eigenvalue weighted by atomic mass is 10.1. The van der Waals surface area contributed by atoms with Gasteiger partial charge in [-0.25, -0.2) is 4.39 Å². The van der Waals surface area contributed by atoms with Gasteiger partial charge in [0.15, 0.2) is 0 Å². The largest absolute Gasteiger partial charge is 0.354 e. The van der Waals surface area contributed by atoms with Gasteiger partial charge in [0.05, 0.1) is 5.75 Å². The number of aryl methyl sites for hydroxylation is 1. The Morgan fingerprint density at radius 1 is 1.14 bits per heavy atom. The standard InChI is InChI=1S/C23H29FN2O2S/c1-4-13-25-23(28)18(3)26(14-20-8-6-5-7-17(20)2)22(27)16-29-15-19-9-11-21(24)12-10-19/h5-12,18H,4,13-16H2,1-3H3,(H,25,28). The summed E-state index contributed by atoms with van der Waals surface area (Å²) in [7, 11) is 0. The molecule has 2 rings (SSSR count). The molecule has 0 fully saturated rings. The van der Waals surface area contributed by atoms with E-state index in [2.05, 4.69) is 5.32 Å². The molecule has 2 aromatic rings. The number of rotatable bonds is 10. The number of nitrogens with one attached hydrogen (secondary N) is 1. The fraction of sp³-hybridized carbons (Fsp3) is 0.391. The molecular weight excluding hydrogens is 387 g/mol. The number of nitrogens with zero attached hydrogens (tertiary/aromatic N) is 1. The lowest BCUT2D eigenvalue weighted by Crippen LogP contribution is -2.48. The lowest BCUT2D eigenvalue weighted by Gasteiger charge is -2.29. The van der Waals surface area contributed by atoms with Crippen molar-refractivity contribution < 1.29 is 14.0 Å². The second-order valence-electron chi connectivity index (χ2n) is 7.03. The summed E-state index contributed by atoms with van der Waals surface area (Å²) in [5.41, 5.74) is 3.08. The second-order valence-corrected chi connectivity index (χ2v) is 8.02. The van der Waals surface area contributed by atoms with Crippen molar-refractivity contribution in [3.8, 4) is 0 Å². The molecule has 0 heterocycles. The zero-order chi connectivity index (χ0) is 21.2. The van der Waals surface area contributed by atoms with Crippen LogP contribution in [0.3, 0.4) is 0 Å². The van der Waals surface area contributed by atoms with Gasteiger partial charge in [-0.3, -0.25) is 9.59 Å². The molecule has 1 N–H and O–H groups in total. The first-order valence-corrected chi connectivity index (χ1v) is 11.0. The Kier molecular flexibility index (Phi) is 9.19. The average molecular weight is 417 g/mol. The van der Waals surface area contributed by atoms with E-state index in [1.54, 1.807) is 24.0 Å². The van der Waals surface area contributed by atoms with Gasteiger partial charge in [0.25, 0.3) is 0 Å². The summed E-state index contributed by atoms with van der Waals surface area (Å²) in [6, 6.07) is 13.6. The molecule has 0 aliphatic rings. The Hall–Kier alpha value is -2.34. The van der Waals surface area contributed by atoms with Crippen LogP contribution in [-0.4, -0.2) is 35.1 Å². The van der Waals surface area contributed by atoms with Gasteiger partial charge in [0, 0.05) is 18.8 Å². The molecule has 0 aliphatic heterocycles. The molecule has 0 saturated carbocycles. The fourth-order valence-electron chi connectivity index (χ4n) is 2.87. The highest BCUT2D eigenvalue weighted by molar-refractivity contribution is 7.99. The number of hydrogen-bond acceptors (Lipinski definition) is 3. The van der Waals surface area contributed by atoms with E-state index in [0.717, 1.165) is 23.1 Å². The van der Waals surface area contributed by atoms with Crippen LogP contribution in [0.15, 0.2) is 48.5 Å². The number of thioether (sulfide) groups is 1. The zero-order valence-corrected chi connectivity index (χ0v) is 18.1. The summed E-state index contributed by atoms with van der Waals surface area (Å²) in [5, 5.41) is 2.88. The van der Waals surface area contributed by atoms with Crippen LogP contribution in [0.1, 0.15) is 37.0 Å². The van der Waals surface area contributed by atoms with Crippen molar-refractivity contribution in [2.24, 2.45) is 0 Å². The van der Waals surface area contributed by atoms with E-state index in [0.29, 0.717) is 18.8 Å². The lowest BCUT2D eigenvalue weighted by molar-refractivity contribution is -0.138. The van der Waals surface area contributed by atoms with Gasteiger partial charge in [-0.1, -0.05) is 43.3 Å². The molecular formula is C23H29FN2O2S. The summed E-state index contributed by atoms with van der Waals surface area (Å²) in [6.45, 7) is 6.75. The third-order valence-corrected chi connectivity index (χ3v) is 5.71. The van der Waals surface area contributed by atoms with Crippen LogP contribution < -0.4 is 5.32 Å². The van der Waals surface area contributed by atoms with Gasteiger partial charge in [-0.2, -0.15) is 0 Å². The predicted molar refractivity (Wildman–Crippen MR) is 117 cm³/mol. The van der Waals surface area contributed by atoms with Crippen LogP contribution in [0, 0.1) is 12.7 Å². The molecule has 6 heteroatoms. The van der Waals surface area contributed by atoms with Gasteiger partial charge in [0.2, 0.25) is 11.8 Å². The van der Waals surface area contributed by atoms with Crippen molar-refractivity contribution in [1.29, 1.82) is 0 Å². The van der Waals surface area contributed by atoms with Gasteiger partial charge in [0.1, 0.15) is 11.9 Å². The van der Waals surface area contributed by atoms with Gasteiger partial charge in [-0.05, 0) is 49.1 Å². The Morgan fingerprint density at radius 2 is 1.83 bits per heavy atom. The minimum Gasteiger partial charge on any atom is -0.354 e. The van der Waals surface area contributed by atoms with Crippen molar-refractivity contribution in [2.45, 2.75) is 45.5 Å². The summed E-state index contributed by atoms with van der Waals surface area (Å²) in [5.74, 6) is 0.373. The minimum absolute atomic E-state index is 0.0838. The zero-order valence-electron chi connectivity index (χ0n) is 17.3. The SMILES string of the molecule is CCCNC(=O)C(C)N(Cc1ccccc1C)C(=O)CSCc1ccc(F)cc1. The Morgan fingerprint density at radius 3 is 2.48 bits per heavy atom. The molecule has 1 unspecified atom stereocenters. The molecule has 4 nitrogen and oxygen atoms in total. The highest BCUT2D eigenvalue weighted by Gasteiger charge is 2.26. The van der Waals surface area contributed by atoms with E-state index in [9.17, 15) is 14.0 Å². The smallest absolute Gasteiger partial charge is 0.242 e. The molecule has 2 amide bonds. The minimum atomic E-state index is -0.555. The molecule has 0 aliphatic carbocycles. The van der Waals surface area contributed by atoms with E-state index in [-0.39, 0.29) is 23.4 Å². The first kappa shape index (κ1) is 22.9. The molecule has 0 spiro atoms. The Labute approximate surface area is 176 Å². The first-order chi connectivity index (χ1) is 13.9. The number of halogens is 1. The maximum Gasteiger partial charge on any atom is 0.242 e. The van der Waals surface area contributed by atoms with Crippen molar-refractivity contribution >= 4 is 23.6 Å². The number of benzene rings is 2. The maximum absolute atomic E-state index is 13.0. The highest BCUT2D eigenvalue weighted by atomic mass is 32.2. The average Bonchev–Trinajstić information content (AvgIpc) is 2.72. The van der Waals surface area contributed by atoms with Gasteiger partial charge in [-0.15, -0.1) is 11.8 Å². The maximum atomic E-state index is 13.0. The van der Waals surface area contributed by atoms with Crippen molar-refractivity contribution in [1.82, 2.24) is 10.2 Å². The summed E-state index contributed by atoms with van der Waals surface area (Å²) in [6.07, 6.45) is 0.845. The molecule has 29 heavy (non-hydrogen) atoms. The number of carbonyl (C=O) groups is 2. The fourth-order valence-corrected chi connectivity index (χ4v) is 3.74. The van der Waals surface area contributed by atoms with E-state index >= 15 is 0 Å². The van der Waals surface area contributed by atoms with Crippen molar-refractivity contribution in [3.05, 3.63) is 71.0 Å². The van der Waals surface area contributed by atoms with Gasteiger partial charge >= 0.3 is 0 Å². The summed E-state index contributed by atoms with van der Waals surface area (Å²) >= 11 is 1.47. The number of hydrogen-bond donors (Lipinski definition) is 1. The quantitative estimate of drug-likeness (QED) is 0.628. The molecule has 0 bridgehead atoms. The monoisotopic (exact) mass is 416 g/mol. The Bertz CT molecular complexity index is 811. The third-order valence-electron chi connectivity index (χ3n) is 4.73. The van der Waals surface area contributed by atoms with Crippen LogP contribution in [-0.2, 0) is 21.9 Å². The highest BCUT2D eigenvalue weighted by Crippen LogP contribution is 2.17. The predicted octanol–water partition coefficient (Wildman–Crippen LogP) is 4.31. The summed E-state index contributed by atoms with van der Waals surface area (Å²) < 4.78 is 13.0. The van der Waals surface area contributed by atoms with Crippen LogP contribution >= 0.6 is 11.8 Å². The third kappa shape index (κ3) is 7.20. The van der Waals surface area contributed by atoms with Crippen molar-refractivity contribution in [2.75, 3.05) is 12.3 Å². The van der Waals surface area contributed by atoms with Crippen LogP contribution in [0.2, 0.25) is 0 Å². The number of carbonyl (C=O) groups excluding carboxylic acids is 2. The Balaban J connectivity index is 2.05. The van der Waals surface area contributed by atoms with Crippen LogP contribution in [0.4, 0.5) is 4.39 Å². The van der Waals surface area contributed by atoms with E-state index < -0.39 is 6.04 Å². The molecule has 156 valence electrons. The molecule has 0 aromatic heterocycles. The molecule has 0 saturated heterocycles. The molecule has 1 atom stereocenters.